The average Bonchev–Trinajstić information content (AvgIpc) is 3.16. The first-order valence-corrected chi connectivity index (χ1v) is 10.3. The third kappa shape index (κ3) is 5.47. The van der Waals surface area contributed by atoms with Gasteiger partial charge in [-0.25, -0.2) is 4.79 Å². The van der Waals surface area contributed by atoms with Crippen molar-refractivity contribution in [3.63, 3.8) is 0 Å². The molecule has 1 aliphatic rings. The van der Waals surface area contributed by atoms with Crippen molar-refractivity contribution >= 4 is 46.2 Å². The third-order valence-corrected chi connectivity index (χ3v) is 5.75. The largest absolute Gasteiger partial charge is 0.452 e. The van der Waals surface area contributed by atoms with Gasteiger partial charge in [0.25, 0.3) is 11.6 Å². The minimum atomic E-state index is -0.791. The van der Waals surface area contributed by atoms with Gasteiger partial charge < -0.3 is 19.3 Å². The van der Waals surface area contributed by atoms with E-state index >= 15 is 0 Å². The molecule has 30 heavy (non-hydrogen) atoms. The molecule has 1 fully saturated rings. The Morgan fingerprint density at radius 2 is 2.03 bits per heavy atom. The van der Waals surface area contributed by atoms with Crippen LogP contribution in [-0.4, -0.2) is 61.7 Å². The first-order chi connectivity index (χ1) is 14.3. The van der Waals surface area contributed by atoms with E-state index in [4.69, 9.17) is 21.1 Å². The number of likely N-dealkylation sites (N-methyl/N-ethyl adjacent to an activating group) is 1. The zero-order chi connectivity index (χ0) is 21.7. The Labute approximate surface area is 181 Å². The highest BCUT2D eigenvalue weighted by atomic mass is 35.5. The maximum absolute atomic E-state index is 12.7. The summed E-state index contributed by atoms with van der Waals surface area (Å²) in [5.74, 6) is -1.19. The molecule has 9 nitrogen and oxygen atoms in total. The van der Waals surface area contributed by atoms with E-state index in [9.17, 15) is 19.7 Å². The topological polar surface area (TPSA) is 102 Å². The summed E-state index contributed by atoms with van der Waals surface area (Å²) >= 11 is 7.25. The van der Waals surface area contributed by atoms with Gasteiger partial charge in [-0.15, -0.1) is 11.3 Å². The van der Waals surface area contributed by atoms with E-state index in [0.29, 0.717) is 42.9 Å². The molecule has 0 spiro atoms. The van der Waals surface area contributed by atoms with E-state index in [1.54, 1.807) is 13.1 Å². The summed E-state index contributed by atoms with van der Waals surface area (Å²) in [6.45, 7) is 1.93. The van der Waals surface area contributed by atoms with Crippen LogP contribution in [0.25, 0.3) is 0 Å². The molecule has 1 aliphatic heterocycles. The number of non-ortho nitro benzene ring substituents is 1. The zero-order valence-electron chi connectivity index (χ0n) is 16.2. The Hall–Kier alpha value is -2.69. The number of ether oxygens (including phenoxy) is 2. The summed E-state index contributed by atoms with van der Waals surface area (Å²) in [5, 5.41) is 11.1. The summed E-state index contributed by atoms with van der Waals surface area (Å²) in [6.07, 6.45) is 0. The van der Waals surface area contributed by atoms with Crippen molar-refractivity contribution in [2.24, 2.45) is 0 Å². The molecule has 0 atom stereocenters. The molecule has 1 saturated heterocycles. The van der Waals surface area contributed by atoms with Gasteiger partial charge in [0.1, 0.15) is 0 Å². The highest BCUT2D eigenvalue weighted by molar-refractivity contribution is 7.16. The van der Waals surface area contributed by atoms with Crippen LogP contribution in [0, 0.1) is 10.1 Å². The van der Waals surface area contributed by atoms with Gasteiger partial charge in [-0.05, 0) is 18.2 Å². The number of hydrogen-bond donors (Lipinski definition) is 0. The van der Waals surface area contributed by atoms with Crippen LogP contribution in [-0.2, 0) is 20.8 Å². The molecule has 1 amide bonds. The fourth-order valence-electron chi connectivity index (χ4n) is 2.95. The Kier molecular flexibility index (Phi) is 7.24. The Bertz CT molecular complexity index is 944. The third-order valence-electron chi connectivity index (χ3n) is 4.54. The second kappa shape index (κ2) is 9.88. The number of morpholine rings is 1. The number of amides is 1. The second-order valence-corrected chi connectivity index (χ2v) is 8.39. The number of nitro benzene ring substituents is 1. The summed E-state index contributed by atoms with van der Waals surface area (Å²) < 4.78 is 11.1. The number of benzene rings is 1. The van der Waals surface area contributed by atoms with E-state index < -0.39 is 23.4 Å². The number of nitro groups is 1. The lowest BCUT2D eigenvalue weighted by Crippen LogP contribution is -2.37. The number of thiophene rings is 1. The van der Waals surface area contributed by atoms with Crippen molar-refractivity contribution in [1.82, 2.24) is 4.90 Å². The molecular formula is C19H20ClN3O6S. The van der Waals surface area contributed by atoms with Gasteiger partial charge in [0, 0.05) is 37.1 Å². The van der Waals surface area contributed by atoms with Crippen LogP contribution in [0.5, 0.6) is 0 Å². The molecule has 2 aromatic rings. The fraction of sp³-hybridized carbons (Fsp3) is 0.368. The lowest BCUT2D eigenvalue weighted by atomic mass is 10.1. The van der Waals surface area contributed by atoms with Crippen molar-refractivity contribution in [1.29, 1.82) is 0 Å². The zero-order valence-corrected chi connectivity index (χ0v) is 17.8. The molecule has 0 saturated carbocycles. The normalized spacial score (nSPS) is 13.7. The molecular weight excluding hydrogens is 434 g/mol. The van der Waals surface area contributed by atoms with Gasteiger partial charge >= 0.3 is 5.97 Å². The molecule has 0 unspecified atom stereocenters. The van der Waals surface area contributed by atoms with E-state index in [1.807, 2.05) is 11.0 Å². The number of carbonyl (C=O) groups excluding carboxylic acids is 2. The van der Waals surface area contributed by atoms with Gasteiger partial charge in [0.15, 0.2) is 6.61 Å². The van der Waals surface area contributed by atoms with E-state index in [0.717, 1.165) is 4.88 Å². The first-order valence-electron chi connectivity index (χ1n) is 9.11. The first kappa shape index (κ1) is 22.0. The van der Waals surface area contributed by atoms with Crippen molar-refractivity contribution in [2.75, 3.05) is 44.9 Å². The highest BCUT2D eigenvalue weighted by Crippen LogP contribution is 2.27. The Morgan fingerprint density at radius 1 is 1.30 bits per heavy atom. The summed E-state index contributed by atoms with van der Waals surface area (Å²) in [6, 6.07) is 7.60. The van der Waals surface area contributed by atoms with Crippen LogP contribution < -0.4 is 4.90 Å². The van der Waals surface area contributed by atoms with Crippen LogP contribution in [0.15, 0.2) is 30.3 Å². The number of nitrogens with zero attached hydrogens (tertiary/aromatic N) is 3. The van der Waals surface area contributed by atoms with Crippen LogP contribution >= 0.6 is 22.9 Å². The van der Waals surface area contributed by atoms with Crippen LogP contribution in [0.1, 0.15) is 15.2 Å². The van der Waals surface area contributed by atoms with Gasteiger partial charge in [-0.3, -0.25) is 14.9 Å². The minimum absolute atomic E-state index is 0.0478. The predicted molar refractivity (Wildman–Crippen MR) is 112 cm³/mol. The molecule has 11 heteroatoms. The van der Waals surface area contributed by atoms with Gasteiger partial charge in [0.05, 0.1) is 40.3 Å². The monoisotopic (exact) mass is 453 g/mol. The molecule has 1 aromatic carbocycles. The summed E-state index contributed by atoms with van der Waals surface area (Å²) in [5.41, 5.74) is 0.339. The van der Waals surface area contributed by atoms with Gasteiger partial charge in [-0.1, -0.05) is 11.6 Å². The number of halogens is 1. The van der Waals surface area contributed by atoms with Crippen molar-refractivity contribution in [3.05, 3.63) is 55.2 Å². The Balaban J connectivity index is 1.69. The van der Waals surface area contributed by atoms with Crippen LogP contribution in [0.4, 0.5) is 11.4 Å². The molecule has 0 bridgehead atoms. The van der Waals surface area contributed by atoms with Gasteiger partial charge in [-0.2, -0.15) is 0 Å². The van der Waals surface area contributed by atoms with Crippen molar-refractivity contribution in [2.45, 2.75) is 6.54 Å². The quantitative estimate of drug-likeness (QED) is 0.360. The van der Waals surface area contributed by atoms with E-state index in [2.05, 4.69) is 0 Å². The van der Waals surface area contributed by atoms with Gasteiger partial charge in [0.2, 0.25) is 0 Å². The maximum Gasteiger partial charge on any atom is 0.341 e. The Morgan fingerprint density at radius 3 is 2.67 bits per heavy atom. The SMILES string of the molecule is CN(Cc1ccc(Cl)s1)C(=O)COC(=O)c1cc([N+](=O)[O-])ccc1N1CCOCC1. The van der Waals surface area contributed by atoms with E-state index in [1.165, 1.54) is 34.4 Å². The summed E-state index contributed by atoms with van der Waals surface area (Å²) in [4.78, 5) is 39.8. The minimum Gasteiger partial charge on any atom is -0.452 e. The number of carbonyl (C=O) groups is 2. The number of hydrogen-bond acceptors (Lipinski definition) is 8. The van der Waals surface area contributed by atoms with Crippen LogP contribution in [0.3, 0.4) is 0 Å². The summed E-state index contributed by atoms with van der Waals surface area (Å²) in [7, 11) is 1.59. The molecule has 2 heterocycles. The molecule has 3 rings (SSSR count). The molecule has 0 radical (unpaired) electrons. The second-order valence-electron chi connectivity index (χ2n) is 6.59. The lowest BCUT2D eigenvalue weighted by molar-refractivity contribution is -0.384. The predicted octanol–water partition coefficient (Wildman–Crippen LogP) is 2.96. The highest BCUT2D eigenvalue weighted by Gasteiger charge is 2.24. The maximum atomic E-state index is 12.7. The molecule has 0 N–H and O–H groups in total. The lowest BCUT2D eigenvalue weighted by Gasteiger charge is -2.30. The number of esters is 1. The van der Waals surface area contributed by atoms with Crippen molar-refractivity contribution in [3.8, 4) is 0 Å². The fourth-order valence-corrected chi connectivity index (χ4v) is 4.10. The number of rotatable bonds is 7. The standard InChI is InChI=1S/C19H20ClN3O6S/c1-21(11-14-3-5-17(20)30-14)18(24)12-29-19(25)15-10-13(23(26)27)2-4-16(15)22-6-8-28-9-7-22/h2-5,10H,6-9,11-12H2,1H3. The van der Waals surface area contributed by atoms with Crippen LogP contribution in [0.2, 0.25) is 4.34 Å². The average molecular weight is 454 g/mol. The number of anilines is 1. The molecule has 0 aliphatic carbocycles. The smallest absolute Gasteiger partial charge is 0.341 e. The van der Waals surface area contributed by atoms with Crippen molar-refractivity contribution < 1.29 is 24.0 Å². The molecule has 160 valence electrons. The van der Waals surface area contributed by atoms with E-state index in [-0.39, 0.29) is 11.3 Å². The molecule has 1 aromatic heterocycles.